The van der Waals surface area contributed by atoms with Gasteiger partial charge in [-0.3, -0.25) is 19.8 Å². The molecule has 0 atom stereocenters. The fourth-order valence-corrected chi connectivity index (χ4v) is 3.44. The number of nitrogens with zero attached hydrogens (tertiary/aromatic N) is 2. The lowest BCUT2D eigenvalue weighted by Gasteiger charge is -2.28. The highest BCUT2D eigenvalue weighted by Gasteiger charge is 2.34. The zero-order valence-corrected chi connectivity index (χ0v) is 17.3. The maximum absolute atomic E-state index is 13.0. The van der Waals surface area contributed by atoms with Crippen molar-refractivity contribution in [3.05, 3.63) is 52.2 Å². The van der Waals surface area contributed by atoms with E-state index in [9.17, 15) is 9.59 Å². The Hall–Kier alpha value is -2.45. The van der Waals surface area contributed by atoms with Crippen molar-refractivity contribution in [2.24, 2.45) is 0 Å². The number of thiocarbonyl (C=S) groups is 1. The zero-order chi connectivity index (χ0) is 19.6. The number of anilines is 2. The van der Waals surface area contributed by atoms with Gasteiger partial charge in [0.2, 0.25) is 0 Å². The Labute approximate surface area is 170 Å². The number of carbonyl (C=O) groups is 2. The Morgan fingerprint density at radius 1 is 1.22 bits per heavy atom. The first-order valence-electron chi connectivity index (χ1n) is 8.46. The molecule has 0 radical (unpaired) electrons. The van der Waals surface area contributed by atoms with Gasteiger partial charge in [-0.05, 0) is 56.4 Å². The van der Waals surface area contributed by atoms with Crippen molar-refractivity contribution in [2.45, 2.75) is 13.8 Å². The molecule has 6 nitrogen and oxygen atoms in total. The highest BCUT2D eigenvalue weighted by molar-refractivity contribution is 9.10. The van der Waals surface area contributed by atoms with E-state index in [4.69, 9.17) is 16.6 Å². The second-order valence-corrected chi connectivity index (χ2v) is 7.09. The van der Waals surface area contributed by atoms with Gasteiger partial charge in [0.25, 0.3) is 11.8 Å². The number of rotatable bonds is 5. The molecule has 1 aliphatic heterocycles. The molecule has 1 fully saturated rings. The minimum absolute atomic E-state index is 0.0379. The van der Waals surface area contributed by atoms with Crippen LogP contribution in [-0.2, 0) is 9.59 Å². The summed E-state index contributed by atoms with van der Waals surface area (Å²) in [4.78, 5) is 28.6. The van der Waals surface area contributed by atoms with Crippen LogP contribution in [0, 0.1) is 0 Å². The Morgan fingerprint density at radius 3 is 2.63 bits per heavy atom. The lowest BCUT2D eigenvalue weighted by molar-refractivity contribution is -0.122. The van der Waals surface area contributed by atoms with E-state index in [-0.39, 0.29) is 10.7 Å². The van der Waals surface area contributed by atoms with Crippen molar-refractivity contribution in [3.8, 4) is 0 Å². The molecule has 140 valence electrons. The van der Waals surface area contributed by atoms with Gasteiger partial charge in [-0.15, -0.1) is 0 Å². The molecule has 2 heterocycles. The quantitative estimate of drug-likeness (QED) is 0.429. The van der Waals surface area contributed by atoms with Gasteiger partial charge >= 0.3 is 0 Å². The van der Waals surface area contributed by atoms with Crippen LogP contribution in [0.1, 0.15) is 19.6 Å². The molecule has 1 saturated heterocycles. The van der Waals surface area contributed by atoms with Gasteiger partial charge in [0.05, 0.1) is 5.69 Å². The molecule has 0 spiro atoms. The van der Waals surface area contributed by atoms with E-state index in [0.717, 1.165) is 17.6 Å². The SMILES string of the molecule is CCN(CC)c1ccc(C=C2C(=O)NC(=S)N(c3cccc(Br)c3)C2=O)o1. The van der Waals surface area contributed by atoms with E-state index in [1.807, 2.05) is 30.9 Å². The molecule has 3 rings (SSSR count). The van der Waals surface area contributed by atoms with Crippen LogP contribution in [0.4, 0.5) is 11.6 Å². The summed E-state index contributed by atoms with van der Waals surface area (Å²) >= 11 is 8.57. The number of halogens is 1. The summed E-state index contributed by atoms with van der Waals surface area (Å²) in [7, 11) is 0. The molecule has 0 bridgehead atoms. The van der Waals surface area contributed by atoms with Crippen LogP contribution in [0.3, 0.4) is 0 Å². The van der Waals surface area contributed by atoms with Crippen LogP contribution in [0.25, 0.3) is 6.08 Å². The van der Waals surface area contributed by atoms with E-state index in [1.54, 1.807) is 24.3 Å². The van der Waals surface area contributed by atoms with Crippen molar-refractivity contribution in [2.75, 3.05) is 22.9 Å². The second-order valence-electron chi connectivity index (χ2n) is 5.79. The van der Waals surface area contributed by atoms with Gasteiger partial charge in [-0.2, -0.15) is 0 Å². The first-order valence-corrected chi connectivity index (χ1v) is 9.66. The Morgan fingerprint density at radius 2 is 1.96 bits per heavy atom. The molecule has 0 aliphatic carbocycles. The molecule has 2 aromatic rings. The maximum atomic E-state index is 13.0. The summed E-state index contributed by atoms with van der Waals surface area (Å²) < 4.78 is 6.57. The monoisotopic (exact) mass is 447 g/mol. The molecule has 1 aromatic carbocycles. The fraction of sp³-hybridized carbons (Fsp3) is 0.211. The topological polar surface area (TPSA) is 65.8 Å². The molecule has 27 heavy (non-hydrogen) atoms. The predicted octanol–water partition coefficient (Wildman–Crippen LogP) is 3.72. The van der Waals surface area contributed by atoms with Crippen LogP contribution < -0.4 is 15.1 Å². The van der Waals surface area contributed by atoms with Crippen molar-refractivity contribution < 1.29 is 14.0 Å². The zero-order valence-electron chi connectivity index (χ0n) is 14.9. The third-order valence-corrected chi connectivity index (χ3v) is 4.92. The number of carbonyl (C=O) groups excluding carboxylic acids is 2. The fourth-order valence-electron chi connectivity index (χ4n) is 2.77. The predicted molar refractivity (Wildman–Crippen MR) is 113 cm³/mol. The number of nitrogens with one attached hydrogen (secondary N) is 1. The number of furan rings is 1. The normalized spacial score (nSPS) is 16.0. The summed E-state index contributed by atoms with van der Waals surface area (Å²) in [6.07, 6.45) is 1.44. The van der Waals surface area contributed by atoms with Crippen LogP contribution in [0.15, 0.2) is 50.9 Å². The summed E-state index contributed by atoms with van der Waals surface area (Å²) in [5, 5.41) is 2.61. The van der Waals surface area contributed by atoms with E-state index in [2.05, 4.69) is 21.2 Å². The van der Waals surface area contributed by atoms with Gasteiger partial charge < -0.3 is 9.32 Å². The summed E-state index contributed by atoms with van der Waals surface area (Å²) in [5.74, 6) is 0.0759. The smallest absolute Gasteiger partial charge is 0.270 e. The molecule has 1 N–H and O–H groups in total. The molecule has 0 saturated carbocycles. The van der Waals surface area contributed by atoms with Crippen LogP contribution >= 0.6 is 28.1 Å². The molecular formula is C19H18BrN3O3S. The van der Waals surface area contributed by atoms with E-state index in [0.29, 0.717) is 17.3 Å². The van der Waals surface area contributed by atoms with Crippen LogP contribution in [0.2, 0.25) is 0 Å². The van der Waals surface area contributed by atoms with E-state index >= 15 is 0 Å². The summed E-state index contributed by atoms with van der Waals surface area (Å²) in [5.41, 5.74) is 0.526. The van der Waals surface area contributed by atoms with Crippen molar-refractivity contribution in [1.82, 2.24) is 5.32 Å². The van der Waals surface area contributed by atoms with Gasteiger partial charge in [0.15, 0.2) is 11.0 Å². The lowest BCUT2D eigenvalue weighted by atomic mass is 10.1. The highest BCUT2D eigenvalue weighted by Crippen LogP contribution is 2.26. The van der Waals surface area contributed by atoms with Crippen LogP contribution in [0.5, 0.6) is 0 Å². The van der Waals surface area contributed by atoms with Gasteiger partial charge in [-0.25, -0.2) is 0 Å². The minimum atomic E-state index is -0.544. The average molecular weight is 448 g/mol. The highest BCUT2D eigenvalue weighted by atomic mass is 79.9. The molecule has 8 heteroatoms. The molecule has 1 aliphatic rings. The minimum Gasteiger partial charge on any atom is -0.441 e. The number of hydrogen-bond donors (Lipinski definition) is 1. The van der Waals surface area contributed by atoms with Crippen molar-refractivity contribution in [1.29, 1.82) is 0 Å². The standard InChI is InChI=1S/C19H18BrN3O3S/c1-3-22(4-2)16-9-8-14(26-16)11-15-17(24)21-19(27)23(18(15)25)13-7-5-6-12(20)10-13/h5-11H,3-4H2,1-2H3,(H,21,24,27). The Bertz CT molecular complexity index is 934. The first-order chi connectivity index (χ1) is 12.9. The largest absolute Gasteiger partial charge is 0.441 e. The Kier molecular flexibility index (Phi) is 5.76. The number of benzene rings is 1. The second kappa shape index (κ2) is 8.06. The van der Waals surface area contributed by atoms with E-state index < -0.39 is 11.8 Å². The maximum Gasteiger partial charge on any atom is 0.270 e. The van der Waals surface area contributed by atoms with Gasteiger partial charge in [-0.1, -0.05) is 22.0 Å². The third-order valence-electron chi connectivity index (χ3n) is 4.14. The lowest BCUT2D eigenvalue weighted by Crippen LogP contribution is -2.54. The number of hydrogen-bond acceptors (Lipinski definition) is 5. The molecule has 1 aromatic heterocycles. The van der Waals surface area contributed by atoms with Crippen LogP contribution in [-0.4, -0.2) is 30.0 Å². The summed E-state index contributed by atoms with van der Waals surface area (Å²) in [6.45, 7) is 5.65. The third kappa shape index (κ3) is 3.96. The Balaban J connectivity index is 1.95. The average Bonchev–Trinajstić information content (AvgIpc) is 3.08. The van der Waals surface area contributed by atoms with Gasteiger partial charge in [0.1, 0.15) is 11.3 Å². The van der Waals surface area contributed by atoms with Crippen molar-refractivity contribution >= 4 is 62.7 Å². The van der Waals surface area contributed by atoms with Crippen molar-refractivity contribution in [3.63, 3.8) is 0 Å². The summed E-state index contributed by atoms with van der Waals surface area (Å²) in [6, 6.07) is 10.7. The van der Waals surface area contributed by atoms with Gasteiger partial charge in [0, 0.05) is 23.6 Å². The first kappa shape index (κ1) is 19.3. The molecule has 2 amide bonds. The number of amides is 2. The molecule has 0 unspecified atom stereocenters. The van der Waals surface area contributed by atoms with E-state index in [1.165, 1.54) is 11.0 Å². The molecular weight excluding hydrogens is 430 g/mol.